The second kappa shape index (κ2) is 24.4. The lowest BCUT2D eigenvalue weighted by atomic mass is 10.1. The standard InChI is InChI=1S/C32H61NO5P/c1-6-8-10-12-14-16-18-20-22-24-26-28-31(34)37-39(36,30-33(3,4)5)38-32(35)29-27-25-23-21-19-17-15-13-11-9-7-2/h12-15H,6-11,16-30H2,1-5H3/q+1/b14-12-,15-13-. The molecule has 0 bridgehead atoms. The molecule has 0 rings (SSSR count). The lowest BCUT2D eigenvalue weighted by Gasteiger charge is -2.27. The molecule has 228 valence electrons. The number of allylic oxidation sites excluding steroid dienone is 4. The zero-order valence-electron chi connectivity index (χ0n) is 26.1. The Bertz CT molecular complexity index is 677. The van der Waals surface area contributed by atoms with Gasteiger partial charge in [0.1, 0.15) is 0 Å². The van der Waals surface area contributed by atoms with Crippen LogP contribution in [0.2, 0.25) is 0 Å². The fourth-order valence-corrected chi connectivity index (χ4v) is 6.23. The lowest BCUT2D eigenvalue weighted by Crippen LogP contribution is -2.36. The average Bonchev–Trinajstić information content (AvgIpc) is 2.84. The molecule has 6 nitrogen and oxygen atoms in total. The van der Waals surface area contributed by atoms with E-state index in [1.807, 2.05) is 21.1 Å². The smallest absolute Gasteiger partial charge is 0.379 e. The molecule has 0 N–H and O–H groups in total. The number of hydrogen-bond acceptors (Lipinski definition) is 5. The van der Waals surface area contributed by atoms with Gasteiger partial charge < -0.3 is 13.5 Å². The lowest BCUT2D eigenvalue weighted by molar-refractivity contribution is -0.859. The predicted octanol–water partition coefficient (Wildman–Crippen LogP) is 9.88. The molecule has 0 spiro atoms. The minimum absolute atomic E-state index is 0.0258. The molecule has 0 fully saturated rings. The molecule has 0 aromatic carbocycles. The van der Waals surface area contributed by atoms with Crippen molar-refractivity contribution >= 4 is 19.5 Å². The van der Waals surface area contributed by atoms with Gasteiger partial charge in [0.25, 0.3) is 0 Å². The maximum absolute atomic E-state index is 13.3. The van der Waals surface area contributed by atoms with Crippen molar-refractivity contribution in [1.82, 2.24) is 0 Å². The summed E-state index contributed by atoms with van der Waals surface area (Å²) < 4.78 is 24.3. The van der Waals surface area contributed by atoms with Gasteiger partial charge in [0, 0.05) is 12.8 Å². The number of carbonyl (C=O) groups is 2. The van der Waals surface area contributed by atoms with Gasteiger partial charge in [-0.05, 0) is 51.4 Å². The first-order valence-electron chi connectivity index (χ1n) is 15.8. The molecule has 0 heterocycles. The summed E-state index contributed by atoms with van der Waals surface area (Å²) in [5, 5.41) is 0. The highest BCUT2D eigenvalue weighted by Crippen LogP contribution is 2.50. The van der Waals surface area contributed by atoms with Crippen LogP contribution in [0.15, 0.2) is 24.3 Å². The Labute approximate surface area is 241 Å². The van der Waals surface area contributed by atoms with E-state index >= 15 is 0 Å². The first-order chi connectivity index (χ1) is 18.6. The van der Waals surface area contributed by atoms with Crippen LogP contribution in [0.1, 0.15) is 142 Å². The molecule has 0 atom stereocenters. The van der Waals surface area contributed by atoms with E-state index in [0.29, 0.717) is 12.8 Å². The van der Waals surface area contributed by atoms with Crippen molar-refractivity contribution in [1.29, 1.82) is 0 Å². The summed E-state index contributed by atoms with van der Waals surface area (Å²) in [7, 11) is 1.66. The number of nitrogens with zero attached hydrogens (tertiary/aromatic N) is 1. The van der Waals surface area contributed by atoms with Crippen molar-refractivity contribution < 1.29 is 27.7 Å². The van der Waals surface area contributed by atoms with Gasteiger partial charge in [-0.2, -0.15) is 0 Å². The molecule has 0 aliphatic carbocycles. The van der Waals surface area contributed by atoms with Crippen LogP contribution in [0.5, 0.6) is 0 Å². The van der Waals surface area contributed by atoms with Gasteiger partial charge in [-0.25, -0.2) is 4.57 Å². The minimum atomic E-state index is -3.86. The highest BCUT2D eigenvalue weighted by atomic mass is 31.2. The Hall–Kier alpha value is -1.39. The third kappa shape index (κ3) is 26.6. The first-order valence-corrected chi connectivity index (χ1v) is 17.5. The van der Waals surface area contributed by atoms with Crippen LogP contribution >= 0.6 is 7.60 Å². The fourth-order valence-electron chi connectivity index (χ4n) is 4.24. The molecule has 0 aromatic rings. The molecule has 0 saturated heterocycles. The largest absolute Gasteiger partial charge is 0.489 e. The van der Waals surface area contributed by atoms with Crippen LogP contribution in [0, 0.1) is 0 Å². The Morgan fingerprint density at radius 3 is 1.26 bits per heavy atom. The van der Waals surface area contributed by atoms with Crippen molar-refractivity contribution in [2.75, 3.05) is 27.4 Å². The van der Waals surface area contributed by atoms with Gasteiger partial charge in [0.2, 0.25) is 6.29 Å². The van der Waals surface area contributed by atoms with E-state index < -0.39 is 19.5 Å². The third-order valence-electron chi connectivity index (χ3n) is 6.36. The summed E-state index contributed by atoms with van der Waals surface area (Å²) in [6, 6.07) is 0. The van der Waals surface area contributed by atoms with E-state index in [1.165, 1.54) is 38.5 Å². The van der Waals surface area contributed by atoms with Crippen LogP contribution < -0.4 is 0 Å². The van der Waals surface area contributed by atoms with Crippen LogP contribution in [0.25, 0.3) is 0 Å². The van der Waals surface area contributed by atoms with Crippen molar-refractivity contribution in [3.63, 3.8) is 0 Å². The summed E-state index contributed by atoms with van der Waals surface area (Å²) in [6.45, 7) is 4.41. The molecule has 0 aliphatic heterocycles. The Kier molecular flexibility index (Phi) is 23.5. The third-order valence-corrected chi connectivity index (χ3v) is 8.52. The number of hydrogen-bond donors (Lipinski definition) is 0. The predicted molar refractivity (Wildman–Crippen MR) is 165 cm³/mol. The monoisotopic (exact) mass is 570 g/mol. The highest BCUT2D eigenvalue weighted by molar-refractivity contribution is 7.54. The SMILES string of the molecule is CCCC/C=C\CCCCCCCC(=O)OP(=O)(C[N+](C)(C)C)OC(=O)CCCCCCC/C=C\CCCC. The molecular weight excluding hydrogens is 509 g/mol. The van der Waals surface area contributed by atoms with Crippen molar-refractivity contribution in [3.8, 4) is 0 Å². The Balaban J connectivity index is 4.23. The maximum atomic E-state index is 13.3. The highest BCUT2D eigenvalue weighted by Gasteiger charge is 2.38. The minimum Gasteiger partial charge on any atom is -0.379 e. The van der Waals surface area contributed by atoms with Gasteiger partial charge >= 0.3 is 19.5 Å². The van der Waals surface area contributed by atoms with Crippen molar-refractivity contribution in [3.05, 3.63) is 24.3 Å². The molecule has 7 heteroatoms. The maximum Gasteiger partial charge on any atom is 0.489 e. The average molecular weight is 571 g/mol. The topological polar surface area (TPSA) is 69.7 Å². The number of unbranched alkanes of at least 4 members (excludes halogenated alkanes) is 14. The molecule has 0 saturated carbocycles. The van der Waals surface area contributed by atoms with E-state index in [2.05, 4.69) is 38.2 Å². The molecule has 0 amide bonds. The van der Waals surface area contributed by atoms with E-state index in [9.17, 15) is 14.2 Å². The molecule has 0 aromatic heterocycles. The van der Waals surface area contributed by atoms with Gasteiger partial charge in [-0.15, -0.1) is 0 Å². The van der Waals surface area contributed by atoms with Crippen LogP contribution in [0.3, 0.4) is 0 Å². The quantitative estimate of drug-likeness (QED) is 0.0448. The molecular formula is C32H61NO5P+. The molecule has 0 radical (unpaired) electrons. The summed E-state index contributed by atoms with van der Waals surface area (Å²) in [5.74, 6) is -1.08. The number of quaternary nitrogens is 1. The van der Waals surface area contributed by atoms with Gasteiger partial charge in [-0.1, -0.05) is 102 Å². The van der Waals surface area contributed by atoms with Gasteiger partial charge in [0.15, 0.2) is 0 Å². The fraction of sp³-hybridized carbons (Fsp3) is 0.812. The second-order valence-electron chi connectivity index (χ2n) is 11.8. The van der Waals surface area contributed by atoms with E-state index in [-0.39, 0.29) is 23.6 Å². The zero-order chi connectivity index (χ0) is 29.2. The molecule has 39 heavy (non-hydrogen) atoms. The molecule has 0 aliphatic rings. The zero-order valence-corrected chi connectivity index (χ0v) is 27.0. The van der Waals surface area contributed by atoms with E-state index in [0.717, 1.165) is 64.2 Å². The number of carbonyl (C=O) groups excluding carboxylic acids is 2. The van der Waals surface area contributed by atoms with Gasteiger partial charge in [0.05, 0.1) is 21.1 Å². The number of rotatable bonds is 26. The van der Waals surface area contributed by atoms with E-state index in [1.54, 1.807) is 0 Å². The summed E-state index contributed by atoms with van der Waals surface area (Å²) >= 11 is 0. The summed E-state index contributed by atoms with van der Waals surface area (Å²) in [6.07, 6.45) is 29.0. The normalized spacial score (nSPS) is 12.4. The summed E-state index contributed by atoms with van der Waals surface area (Å²) in [4.78, 5) is 24.9. The summed E-state index contributed by atoms with van der Waals surface area (Å²) in [5.41, 5.74) is 0. The Morgan fingerprint density at radius 1 is 0.564 bits per heavy atom. The molecule has 0 unspecified atom stereocenters. The van der Waals surface area contributed by atoms with Crippen molar-refractivity contribution in [2.45, 2.75) is 142 Å². The Morgan fingerprint density at radius 2 is 0.897 bits per heavy atom. The second-order valence-corrected chi connectivity index (χ2v) is 13.7. The van der Waals surface area contributed by atoms with Crippen LogP contribution in [-0.4, -0.2) is 43.9 Å². The first kappa shape index (κ1) is 37.6. The van der Waals surface area contributed by atoms with Crippen molar-refractivity contribution in [2.24, 2.45) is 0 Å². The van der Waals surface area contributed by atoms with Crippen LogP contribution in [0.4, 0.5) is 0 Å². The van der Waals surface area contributed by atoms with Crippen LogP contribution in [-0.2, 0) is 23.2 Å². The van der Waals surface area contributed by atoms with E-state index in [4.69, 9.17) is 9.05 Å². The van der Waals surface area contributed by atoms with Gasteiger partial charge in [-0.3, -0.25) is 9.59 Å².